The number of hydrogen-bond acceptors (Lipinski definition) is 5. The van der Waals surface area contributed by atoms with Gasteiger partial charge in [0.15, 0.2) is 0 Å². The molecule has 128 valence electrons. The zero-order chi connectivity index (χ0) is 17.2. The van der Waals surface area contributed by atoms with Crippen LogP contribution in [0.2, 0.25) is 0 Å². The number of aromatic nitrogens is 3. The Balaban J connectivity index is 1.73. The number of nitrogens with two attached hydrogens (primary N) is 1. The van der Waals surface area contributed by atoms with Gasteiger partial charge in [-0.15, -0.1) is 0 Å². The molecule has 1 aliphatic heterocycles. The Morgan fingerprint density at radius 2 is 1.96 bits per heavy atom. The number of carbonyl (C=O) groups is 1. The second-order valence-corrected chi connectivity index (χ2v) is 5.76. The number of nitrogens with one attached hydrogen (secondary N) is 1. The van der Waals surface area contributed by atoms with Crippen LogP contribution in [0, 0.1) is 0 Å². The van der Waals surface area contributed by atoms with E-state index in [1.54, 1.807) is 18.3 Å². The molecular weight excluding hydrogens is 320 g/mol. The van der Waals surface area contributed by atoms with Gasteiger partial charge in [-0.25, -0.2) is 14.8 Å². The smallest absolute Gasteiger partial charge is 0.316 e. The van der Waals surface area contributed by atoms with Crippen molar-refractivity contribution in [1.29, 1.82) is 0 Å². The van der Waals surface area contributed by atoms with E-state index in [0.717, 1.165) is 35.9 Å². The van der Waals surface area contributed by atoms with E-state index in [0.29, 0.717) is 18.9 Å². The fourth-order valence-electron chi connectivity index (χ4n) is 2.91. The minimum Gasteiger partial charge on any atom is -0.378 e. The number of fused-ring (bicyclic) bond motifs is 1. The van der Waals surface area contributed by atoms with Gasteiger partial charge < -0.3 is 20.7 Å². The number of urea groups is 1. The first-order valence-corrected chi connectivity index (χ1v) is 8.04. The number of anilines is 2. The first kappa shape index (κ1) is 15.4. The molecule has 3 aromatic rings. The standard InChI is InChI=1S/C17H18N6O2/c18-16(24)20-13-3-1-12(2-4-13)14-11-15-19-5-6-23(15)17(21-14)22-7-9-25-10-8-22/h1-6,11H,7-10H2,(H3,18,20,24). The molecule has 2 amide bonds. The number of carbonyl (C=O) groups excluding carboxylic acids is 1. The number of primary amides is 1. The van der Waals surface area contributed by atoms with Crippen molar-refractivity contribution >= 4 is 23.3 Å². The van der Waals surface area contributed by atoms with Crippen LogP contribution < -0.4 is 16.0 Å². The summed E-state index contributed by atoms with van der Waals surface area (Å²) in [6.07, 6.45) is 3.68. The zero-order valence-electron chi connectivity index (χ0n) is 13.6. The second-order valence-electron chi connectivity index (χ2n) is 5.76. The lowest BCUT2D eigenvalue weighted by atomic mass is 10.1. The molecule has 1 aromatic carbocycles. The molecule has 8 heteroatoms. The van der Waals surface area contributed by atoms with E-state index < -0.39 is 6.03 Å². The molecule has 25 heavy (non-hydrogen) atoms. The Kier molecular flexibility index (Phi) is 3.95. The molecule has 0 unspecified atom stereocenters. The molecule has 4 rings (SSSR count). The van der Waals surface area contributed by atoms with Crippen LogP contribution in [0.25, 0.3) is 16.9 Å². The maximum absolute atomic E-state index is 10.9. The van der Waals surface area contributed by atoms with Crippen LogP contribution in [-0.4, -0.2) is 46.7 Å². The SMILES string of the molecule is NC(=O)Nc1ccc(-c2cc3nccn3c(N3CCOCC3)n2)cc1. The quantitative estimate of drug-likeness (QED) is 0.758. The van der Waals surface area contributed by atoms with Gasteiger partial charge in [-0.2, -0.15) is 0 Å². The van der Waals surface area contributed by atoms with Crippen LogP contribution in [0.4, 0.5) is 16.4 Å². The fourth-order valence-corrected chi connectivity index (χ4v) is 2.91. The summed E-state index contributed by atoms with van der Waals surface area (Å²) < 4.78 is 7.42. The Morgan fingerprint density at radius 1 is 1.20 bits per heavy atom. The van der Waals surface area contributed by atoms with Crippen LogP contribution >= 0.6 is 0 Å². The Bertz CT molecular complexity index is 899. The van der Waals surface area contributed by atoms with Gasteiger partial charge in [-0.05, 0) is 12.1 Å². The number of ether oxygens (including phenoxy) is 1. The van der Waals surface area contributed by atoms with E-state index in [9.17, 15) is 4.79 Å². The molecule has 3 heterocycles. The van der Waals surface area contributed by atoms with Gasteiger partial charge in [-0.1, -0.05) is 12.1 Å². The molecule has 0 spiro atoms. The molecule has 0 saturated carbocycles. The minimum absolute atomic E-state index is 0.584. The highest BCUT2D eigenvalue weighted by Crippen LogP contribution is 2.25. The van der Waals surface area contributed by atoms with Gasteiger partial charge in [-0.3, -0.25) is 4.40 Å². The van der Waals surface area contributed by atoms with Crippen molar-refractivity contribution in [2.45, 2.75) is 0 Å². The average Bonchev–Trinajstić information content (AvgIpc) is 3.10. The predicted octanol–water partition coefficient (Wildman–Crippen LogP) is 1.72. The molecule has 0 atom stereocenters. The molecule has 1 saturated heterocycles. The fraction of sp³-hybridized carbons (Fsp3) is 0.235. The van der Waals surface area contributed by atoms with Crippen LogP contribution in [0.3, 0.4) is 0 Å². The first-order valence-electron chi connectivity index (χ1n) is 8.04. The highest BCUT2D eigenvalue weighted by molar-refractivity contribution is 5.88. The predicted molar refractivity (Wildman–Crippen MR) is 94.7 cm³/mol. The van der Waals surface area contributed by atoms with Gasteiger partial charge in [0.25, 0.3) is 0 Å². The molecule has 2 aromatic heterocycles. The number of hydrogen-bond donors (Lipinski definition) is 2. The molecule has 1 aliphatic rings. The normalized spacial score (nSPS) is 14.6. The van der Waals surface area contributed by atoms with Gasteiger partial charge in [0.05, 0.1) is 18.9 Å². The topological polar surface area (TPSA) is 97.8 Å². The van der Waals surface area contributed by atoms with E-state index in [4.69, 9.17) is 15.5 Å². The van der Waals surface area contributed by atoms with Crippen molar-refractivity contribution in [1.82, 2.24) is 14.4 Å². The summed E-state index contributed by atoms with van der Waals surface area (Å²) in [6.45, 7) is 2.97. The third kappa shape index (κ3) is 3.11. The van der Waals surface area contributed by atoms with Crippen LogP contribution in [0.5, 0.6) is 0 Å². The van der Waals surface area contributed by atoms with E-state index in [2.05, 4.69) is 15.2 Å². The van der Waals surface area contributed by atoms with Crippen molar-refractivity contribution in [3.8, 4) is 11.3 Å². The van der Waals surface area contributed by atoms with Crippen molar-refractivity contribution in [3.05, 3.63) is 42.7 Å². The second kappa shape index (κ2) is 6.40. The Hall–Kier alpha value is -3.13. The number of amides is 2. The van der Waals surface area contributed by atoms with Crippen LogP contribution in [0.15, 0.2) is 42.7 Å². The number of imidazole rings is 1. The molecule has 1 fully saturated rings. The largest absolute Gasteiger partial charge is 0.378 e. The van der Waals surface area contributed by atoms with Crippen molar-refractivity contribution in [2.24, 2.45) is 5.73 Å². The highest BCUT2D eigenvalue weighted by atomic mass is 16.5. The zero-order valence-corrected chi connectivity index (χ0v) is 13.6. The first-order chi connectivity index (χ1) is 12.2. The summed E-state index contributed by atoms with van der Waals surface area (Å²) in [4.78, 5) is 22.4. The van der Waals surface area contributed by atoms with Crippen molar-refractivity contribution < 1.29 is 9.53 Å². The number of morpholine rings is 1. The lowest BCUT2D eigenvalue weighted by Crippen LogP contribution is -2.38. The summed E-state index contributed by atoms with van der Waals surface area (Å²) in [5.74, 6) is 0.854. The summed E-state index contributed by atoms with van der Waals surface area (Å²) in [7, 11) is 0. The molecule has 0 bridgehead atoms. The van der Waals surface area contributed by atoms with Crippen LogP contribution in [-0.2, 0) is 4.74 Å². The number of rotatable bonds is 3. The van der Waals surface area contributed by atoms with Crippen LogP contribution in [0.1, 0.15) is 0 Å². The Morgan fingerprint density at radius 3 is 2.68 bits per heavy atom. The third-order valence-corrected chi connectivity index (χ3v) is 4.11. The van der Waals surface area contributed by atoms with Gasteiger partial charge in [0.2, 0.25) is 5.95 Å². The third-order valence-electron chi connectivity index (χ3n) is 4.11. The summed E-state index contributed by atoms with van der Waals surface area (Å²) in [5.41, 5.74) is 8.39. The van der Waals surface area contributed by atoms with Gasteiger partial charge in [0.1, 0.15) is 5.65 Å². The lowest BCUT2D eigenvalue weighted by Gasteiger charge is -2.28. The number of nitrogens with zero attached hydrogens (tertiary/aromatic N) is 4. The molecular formula is C17H18N6O2. The Labute approximate surface area is 144 Å². The molecule has 8 nitrogen and oxygen atoms in total. The number of benzene rings is 1. The highest BCUT2D eigenvalue weighted by Gasteiger charge is 2.17. The summed E-state index contributed by atoms with van der Waals surface area (Å²) >= 11 is 0. The molecule has 0 radical (unpaired) electrons. The monoisotopic (exact) mass is 338 g/mol. The minimum atomic E-state index is -0.584. The maximum atomic E-state index is 10.9. The van der Waals surface area contributed by atoms with E-state index in [1.165, 1.54) is 0 Å². The maximum Gasteiger partial charge on any atom is 0.316 e. The van der Waals surface area contributed by atoms with Gasteiger partial charge in [0, 0.05) is 42.8 Å². The summed E-state index contributed by atoms with van der Waals surface area (Å²) in [6, 6.07) is 8.75. The van der Waals surface area contributed by atoms with E-state index >= 15 is 0 Å². The van der Waals surface area contributed by atoms with E-state index in [1.807, 2.05) is 28.8 Å². The van der Waals surface area contributed by atoms with Gasteiger partial charge >= 0.3 is 6.03 Å². The average molecular weight is 338 g/mol. The lowest BCUT2D eigenvalue weighted by molar-refractivity contribution is 0.122. The molecule has 0 aliphatic carbocycles. The molecule has 3 N–H and O–H groups in total. The summed E-state index contributed by atoms with van der Waals surface area (Å²) in [5, 5.41) is 2.55. The van der Waals surface area contributed by atoms with Crippen molar-refractivity contribution in [3.63, 3.8) is 0 Å². The van der Waals surface area contributed by atoms with E-state index in [-0.39, 0.29) is 0 Å². The van der Waals surface area contributed by atoms with Crippen molar-refractivity contribution in [2.75, 3.05) is 36.5 Å².